The molecule has 0 radical (unpaired) electrons. The van der Waals surface area contributed by atoms with Crippen LogP contribution < -0.4 is 4.90 Å². The Morgan fingerprint density at radius 3 is 2.83 bits per heavy atom. The zero-order chi connectivity index (χ0) is 13.0. The molecule has 1 aromatic carbocycles. The van der Waals surface area contributed by atoms with Crippen molar-refractivity contribution in [2.75, 3.05) is 18.0 Å². The molecule has 0 spiro atoms. The summed E-state index contributed by atoms with van der Waals surface area (Å²) in [6.45, 7) is 4.70. The second-order valence-electron chi connectivity index (χ2n) is 5.13. The van der Waals surface area contributed by atoms with Crippen molar-refractivity contribution in [1.29, 1.82) is 0 Å². The second-order valence-corrected chi connectivity index (χ2v) is 5.98. The van der Waals surface area contributed by atoms with Gasteiger partial charge in [0.1, 0.15) is 0 Å². The average Bonchev–Trinajstić information content (AvgIpc) is 2.63. The minimum Gasteiger partial charge on any atom is -0.392 e. The molecule has 1 atom stereocenters. The minimum atomic E-state index is 0.0960. The lowest BCUT2D eigenvalue weighted by atomic mass is 9.98. The van der Waals surface area contributed by atoms with Gasteiger partial charge in [0.15, 0.2) is 0 Å². The van der Waals surface area contributed by atoms with Crippen LogP contribution >= 0.6 is 15.9 Å². The molecule has 1 fully saturated rings. The van der Waals surface area contributed by atoms with Crippen LogP contribution in [0.4, 0.5) is 5.69 Å². The first-order valence-electron chi connectivity index (χ1n) is 6.88. The van der Waals surface area contributed by atoms with Gasteiger partial charge in [0.25, 0.3) is 0 Å². The van der Waals surface area contributed by atoms with E-state index in [4.69, 9.17) is 0 Å². The summed E-state index contributed by atoms with van der Waals surface area (Å²) in [5.74, 6) is 0.898. The first kappa shape index (κ1) is 13.9. The lowest BCUT2D eigenvalue weighted by Gasteiger charge is -2.23. The van der Waals surface area contributed by atoms with Crippen molar-refractivity contribution in [3.63, 3.8) is 0 Å². The van der Waals surface area contributed by atoms with E-state index in [0.717, 1.165) is 29.0 Å². The zero-order valence-corrected chi connectivity index (χ0v) is 12.6. The van der Waals surface area contributed by atoms with Gasteiger partial charge in [0.2, 0.25) is 0 Å². The molecule has 2 nitrogen and oxygen atoms in total. The number of anilines is 1. The highest BCUT2D eigenvalue weighted by molar-refractivity contribution is 9.10. The maximum absolute atomic E-state index is 9.19. The molecular formula is C15H22BrNO. The summed E-state index contributed by atoms with van der Waals surface area (Å²) in [7, 11) is 0. The Morgan fingerprint density at radius 2 is 2.17 bits per heavy atom. The van der Waals surface area contributed by atoms with E-state index in [1.54, 1.807) is 0 Å². The van der Waals surface area contributed by atoms with Crippen LogP contribution in [0.5, 0.6) is 0 Å². The molecule has 1 saturated heterocycles. The Labute approximate surface area is 118 Å². The summed E-state index contributed by atoms with van der Waals surface area (Å²) in [6, 6.07) is 6.28. The summed E-state index contributed by atoms with van der Waals surface area (Å²) in [4.78, 5) is 2.47. The van der Waals surface area contributed by atoms with E-state index in [2.05, 4.69) is 39.9 Å². The fourth-order valence-electron chi connectivity index (χ4n) is 2.69. The number of aliphatic hydroxyl groups excluding tert-OH is 1. The van der Waals surface area contributed by atoms with E-state index in [1.807, 2.05) is 6.07 Å². The topological polar surface area (TPSA) is 23.5 Å². The molecule has 0 aliphatic carbocycles. The van der Waals surface area contributed by atoms with E-state index in [1.165, 1.54) is 31.4 Å². The van der Waals surface area contributed by atoms with Crippen LogP contribution in [0, 0.1) is 5.92 Å². The van der Waals surface area contributed by atoms with Crippen molar-refractivity contribution >= 4 is 21.6 Å². The Balaban J connectivity index is 2.09. The van der Waals surface area contributed by atoms with E-state index in [-0.39, 0.29) is 6.61 Å². The van der Waals surface area contributed by atoms with Crippen molar-refractivity contribution in [2.45, 2.75) is 39.2 Å². The molecule has 1 unspecified atom stereocenters. The normalized spacial score (nSPS) is 20.8. The summed E-state index contributed by atoms with van der Waals surface area (Å²) in [5, 5.41) is 9.19. The standard InChI is InChI=1S/C15H22BrNO/c1-2-12-4-3-8-17(9-7-12)14-6-5-13(11-18)15(16)10-14/h5-6,10,12,18H,2-4,7-9,11H2,1H3. The van der Waals surface area contributed by atoms with Gasteiger partial charge in [-0.3, -0.25) is 0 Å². The van der Waals surface area contributed by atoms with E-state index >= 15 is 0 Å². The van der Waals surface area contributed by atoms with Gasteiger partial charge in [-0.1, -0.05) is 35.3 Å². The lowest BCUT2D eigenvalue weighted by molar-refractivity contribution is 0.281. The number of benzene rings is 1. The summed E-state index contributed by atoms with van der Waals surface area (Å²) >= 11 is 3.53. The Hall–Kier alpha value is -0.540. The molecule has 1 N–H and O–H groups in total. The first-order chi connectivity index (χ1) is 8.74. The fourth-order valence-corrected chi connectivity index (χ4v) is 3.19. The van der Waals surface area contributed by atoms with Crippen LogP contribution in [-0.4, -0.2) is 18.2 Å². The van der Waals surface area contributed by atoms with Crippen LogP contribution in [0.15, 0.2) is 22.7 Å². The van der Waals surface area contributed by atoms with Gasteiger partial charge in [-0.25, -0.2) is 0 Å². The molecule has 1 heterocycles. The second kappa shape index (κ2) is 6.58. The van der Waals surface area contributed by atoms with Crippen molar-refractivity contribution in [3.05, 3.63) is 28.2 Å². The molecule has 0 saturated carbocycles. The average molecular weight is 312 g/mol. The predicted molar refractivity (Wildman–Crippen MR) is 79.9 cm³/mol. The highest BCUT2D eigenvalue weighted by Gasteiger charge is 2.16. The summed E-state index contributed by atoms with van der Waals surface area (Å²) in [5.41, 5.74) is 2.23. The minimum absolute atomic E-state index is 0.0960. The maximum Gasteiger partial charge on any atom is 0.0692 e. The molecule has 2 rings (SSSR count). The Kier molecular flexibility index (Phi) is 5.07. The van der Waals surface area contributed by atoms with Gasteiger partial charge >= 0.3 is 0 Å². The van der Waals surface area contributed by atoms with Crippen molar-refractivity contribution in [3.8, 4) is 0 Å². The quantitative estimate of drug-likeness (QED) is 0.913. The molecule has 100 valence electrons. The van der Waals surface area contributed by atoms with Crippen molar-refractivity contribution < 1.29 is 5.11 Å². The molecule has 1 aliphatic heterocycles. The van der Waals surface area contributed by atoms with Gasteiger partial charge in [0.05, 0.1) is 6.61 Å². The Bertz CT molecular complexity index is 394. The zero-order valence-electron chi connectivity index (χ0n) is 11.0. The fraction of sp³-hybridized carbons (Fsp3) is 0.600. The van der Waals surface area contributed by atoms with Crippen molar-refractivity contribution in [2.24, 2.45) is 5.92 Å². The predicted octanol–water partition coefficient (Wildman–Crippen LogP) is 3.96. The van der Waals surface area contributed by atoms with Crippen LogP contribution in [0.2, 0.25) is 0 Å². The largest absolute Gasteiger partial charge is 0.392 e. The first-order valence-corrected chi connectivity index (χ1v) is 7.68. The molecule has 1 aliphatic rings. The van der Waals surface area contributed by atoms with Gasteiger partial charge in [0, 0.05) is 23.2 Å². The van der Waals surface area contributed by atoms with E-state index in [9.17, 15) is 5.11 Å². The number of halogens is 1. The highest BCUT2D eigenvalue weighted by atomic mass is 79.9. The number of nitrogens with zero attached hydrogens (tertiary/aromatic N) is 1. The van der Waals surface area contributed by atoms with Gasteiger partial charge < -0.3 is 10.0 Å². The summed E-state index contributed by atoms with van der Waals surface area (Å²) in [6.07, 6.45) is 5.26. The number of hydrogen-bond acceptors (Lipinski definition) is 2. The van der Waals surface area contributed by atoms with Crippen LogP contribution in [0.3, 0.4) is 0 Å². The van der Waals surface area contributed by atoms with Gasteiger partial charge in [-0.2, -0.15) is 0 Å². The third kappa shape index (κ3) is 3.27. The molecule has 3 heteroatoms. The Morgan fingerprint density at radius 1 is 1.33 bits per heavy atom. The number of rotatable bonds is 3. The summed E-state index contributed by atoms with van der Waals surface area (Å²) < 4.78 is 1.01. The van der Waals surface area contributed by atoms with Crippen LogP contribution in [0.1, 0.15) is 38.2 Å². The number of hydrogen-bond donors (Lipinski definition) is 1. The molecule has 0 bridgehead atoms. The molecular weight excluding hydrogens is 290 g/mol. The third-order valence-corrected chi connectivity index (χ3v) is 4.74. The third-order valence-electron chi connectivity index (χ3n) is 4.00. The molecule has 0 amide bonds. The SMILES string of the molecule is CCC1CCCN(c2ccc(CO)c(Br)c2)CC1. The monoisotopic (exact) mass is 311 g/mol. The smallest absolute Gasteiger partial charge is 0.0692 e. The van der Waals surface area contributed by atoms with Gasteiger partial charge in [-0.05, 0) is 42.9 Å². The molecule has 0 aromatic heterocycles. The van der Waals surface area contributed by atoms with E-state index in [0.29, 0.717) is 0 Å². The molecule has 1 aromatic rings. The van der Waals surface area contributed by atoms with Crippen LogP contribution in [0.25, 0.3) is 0 Å². The highest BCUT2D eigenvalue weighted by Crippen LogP contribution is 2.28. The van der Waals surface area contributed by atoms with E-state index < -0.39 is 0 Å². The number of aliphatic hydroxyl groups is 1. The maximum atomic E-state index is 9.19. The molecule has 18 heavy (non-hydrogen) atoms. The lowest BCUT2D eigenvalue weighted by Crippen LogP contribution is -2.24. The van der Waals surface area contributed by atoms with Gasteiger partial charge in [-0.15, -0.1) is 0 Å². The van der Waals surface area contributed by atoms with Crippen LogP contribution in [-0.2, 0) is 6.61 Å². The van der Waals surface area contributed by atoms with Crippen molar-refractivity contribution in [1.82, 2.24) is 0 Å².